The van der Waals surface area contributed by atoms with E-state index in [1.807, 2.05) is 36.0 Å². The Bertz CT molecular complexity index is 616. The summed E-state index contributed by atoms with van der Waals surface area (Å²) in [6.07, 6.45) is 5.72. The smallest absolute Gasteiger partial charge is 0.163 e. The van der Waals surface area contributed by atoms with Crippen molar-refractivity contribution in [1.82, 2.24) is 9.55 Å². The first-order chi connectivity index (χ1) is 9.24. The predicted octanol–water partition coefficient (Wildman–Crippen LogP) is 2.17. The van der Waals surface area contributed by atoms with Crippen molar-refractivity contribution in [3.8, 4) is 5.75 Å². The van der Waals surface area contributed by atoms with Gasteiger partial charge in [0, 0.05) is 44.3 Å². The Kier molecular flexibility index (Phi) is 3.07. The van der Waals surface area contributed by atoms with Gasteiger partial charge in [-0.2, -0.15) is 0 Å². The van der Waals surface area contributed by atoms with Crippen LogP contribution in [0.1, 0.15) is 28.2 Å². The fourth-order valence-electron chi connectivity index (χ4n) is 2.37. The number of imidazole rings is 1. The lowest BCUT2D eigenvalue weighted by atomic mass is 10.0. The van der Waals surface area contributed by atoms with E-state index in [4.69, 9.17) is 4.74 Å². The van der Waals surface area contributed by atoms with E-state index in [0.717, 1.165) is 35.7 Å². The molecule has 98 valence electrons. The van der Waals surface area contributed by atoms with E-state index in [-0.39, 0.29) is 5.78 Å². The molecule has 19 heavy (non-hydrogen) atoms. The van der Waals surface area contributed by atoms with E-state index >= 15 is 0 Å². The summed E-state index contributed by atoms with van der Waals surface area (Å²) in [5, 5.41) is 0. The summed E-state index contributed by atoms with van der Waals surface area (Å²) < 4.78 is 7.39. The maximum atomic E-state index is 12.2. The molecule has 0 N–H and O–H groups in total. The number of benzene rings is 1. The zero-order valence-corrected chi connectivity index (χ0v) is 10.9. The molecule has 0 saturated heterocycles. The van der Waals surface area contributed by atoms with Gasteiger partial charge in [-0.1, -0.05) is 0 Å². The van der Waals surface area contributed by atoms with Crippen LogP contribution in [0.5, 0.6) is 5.75 Å². The molecule has 0 aliphatic carbocycles. The summed E-state index contributed by atoms with van der Waals surface area (Å²) in [7, 11) is 1.94. The van der Waals surface area contributed by atoms with E-state index in [0.29, 0.717) is 12.8 Å². The van der Waals surface area contributed by atoms with Crippen molar-refractivity contribution >= 4 is 5.78 Å². The van der Waals surface area contributed by atoms with Crippen molar-refractivity contribution in [2.45, 2.75) is 19.3 Å². The van der Waals surface area contributed by atoms with Gasteiger partial charge in [-0.05, 0) is 23.8 Å². The Hall–Kier alpha value is -2.10. The van der Waals surface area contributed by atoms with Gasteiger partial charge in [-0.25, -0.2) is 4.98 Å². The number of fused-ring (bicyclic) bond motifs is 1. The lowest BCUT2D eigenvalue weighted by Crippen LogP contribution is -2.05. The molecule has 3 rings (SSSR count). The van der Waals surface area contributed by atoms with Crippen molar-refractivity contribution in [3.63, 3.8) is 0 Å². The summed E-state index contributed by atoms with van der Waals surface area (Å²) in [6.45, 7) is 0.722. The molecule has 1 aliphatic rings. The molecule has 0 fully saturated rings. The average Bonchev–Trinajstić information content (AvgIpc) is 3.03. The fraction of sp³-hybridized carbons (Fsp3) is 0.333. The van der Waals surface area contributed by atoms with Crippen molar-refractivity contribution in [3.05, 3.63) is 47.5 Å². The van der Waals surface area contributed by atoms with Gasteiger partial charge in [0.05, 0.1) is 6.61 Å². The van der Waals surface area contributed by atoms with Gasteiger partial charge in [0.15, 0.2) is 5.78 Å². The predicted molar refractivity (Wildman–Crippen MR) is 71.5 cm³/mol. The van der Waals surface area contributed by atoms with Crippen LogP contribution in [0.3, 0.4) is 0 Å². The molecule has 4 heteroatoms. The van der Waals surface area contributed by atoms with Crippen LogP contribution in [0, 0.1) is 0 Å². The summed E-state index contributed by atoms with van der Waals surface area (Å²) in [4.78, 5) is 16.4. The Balaban J connectivity index is 1.69. The maximum absolute atomic E-state index is 12.2. The number of ketones is 1. The van der Waals surface area contributed by atoms with Gasteiger partial charge >= 0.3 is 0 Å². The molecule has 4 nitrogen and oxygen atoms in total. The van der Waals surface area contributed by atoms with Gasteiger partial charge in [0.25, 0.3) is 0 Å². The Morgan fingerprint density at radius 3 is 3.16 bits per heavy atom. The Morgan fingerprint density at radius 2 is 2.37 bits per heavy atom. The first-order valence-corrected chi connectivity index (χ1v) is 6.49. The molecular formula is C15H16N2O2. The second kappa shape index (κ2) is 4.88. The molecule has 1 aliphatic heterocycles. The van der Waals surface area contributed by atoms with Crippen molar-refractivity contribution in [2.24, 2.45) is 7.05 Å². The lowest BCUT2D eigenvalue weighted by molar-refractivity contribution is 0.0982. The van der Waals surface area contributed by atoms with Crippen LogP contribution >= 0.6 is 0 Å². The average molecular weight is 256 g/mol. The number of hydrogen-bond acceptors (Lipinski definition) is 3. The number of Topliss-reactive ketones (excluding diaryl/α,β-unsaturated/α-hetero) is 1. The fourth-order valence-corrected chi connectivity index (χ4v) is 2.37. The minimum absolute atomic E-state index is 0.165. The Labute approximate surface area is 112 Å². The van der Waals surface area contributed by atoms with E-state index in [9.17, 15) is 4.79 Å². The minimum Gasteiger partial charge on any atom is -0.493 e. The van der Waals surface area contributed by atoms with Gasteiger partial charge in [0.1, 0.15) is 11.6 Å². The SMILES string of the molecule is Cn1ccnc1CCC(=O)c1ccc2c(c1)CCO2. The number of hydrogen-bond donors (Lipinski definition) is 0. The number of ether oxygens (including phenoxy) is 1. The van der Waals surface area contributed by atoms with Crippen LogP contribution < -0.4 is 4.74 Å². The lowest BCUT2D eigenvalue weighted by Gasteiger charge is -2.04. The highest BCUT2D eigenvalue weighted by Crippen LogP contribution is 2.26. The number of aryl methyl sites for hydroxylation is 2. The second-order valence-electron chi connectivity index (χ2n) is 4.80. The summed E-state index contributed by atoms with van der Waals surface area (Å²) in [5.74, 6) is 2.02. The zero-order chi connectivity index (χ0) is 13.2. The second-order valence-corrected chi connectivity index (χ2v) is 4.80. The van der Waals surface area contributed by atoms with Crippen LogP contribution in [0.4, 0.5) is 0 Å². The summed E-state index contributed by atoms with van der Waals surface area (Å²) in [6, 6.07) is 5.71. The van der Waals surface area contributed by atoms with Crippen molar-refractivity contribution in [1.29, 1.82) is 0 Å². The standard InChI is InChI=1S/C15H16N2O2/c1-17-8-7-16-15(17)5-3-13(18)11-2-4-14-12(10-11)6-9-19-14/h2,4,7-8,10H,3,5-6,9H2,1H3. The number of carbonyl (C=O) groups is 1. The van der Waals surface area contributed by atoms with Crippen LogP contribution in [0.2, 0.25) is 0 Å². The molecule has 0 amide bonds. The number of carbonyl (C=O) groups excluding carboxylic acids is 1. The highest BCUT2D eigenvalue weighted by Gasteiger charge is 2.15. The molecule has 2 aromatic rings. The van der Waals surface area contributed by atoms with Crippen molar-refractivity contribution in [2.75, 3.05) is 6.61 Å². The molecule has 2 heterocycles. The molecule has 0 unspecified atom stereocenters. The molecule has 0 atom stereocenters. The molecule has 0 bridgehead atoms. The largest absolute Gasteiger partial charge is 0.493 e. The summed E-state index contributed by atoms with van der Waals surface area (Å²) in [5.41, 5.74) is 1.92. The molecule has 0 saturated carbocycles. The van der Waals surface area contributed by atoms with Crippen LogP contribution in [-0.2, 0) is 19.9 Å². The van der Waals surface area contributed by atoms with E-state index in [1.165, 1.54) is 0 Å². The number of aromatic nitrogens is 2. The quantitative estimate of drug-likeness (QED) is 0.787. The van der Waals surface area contributed by atoms with E-state index in [1.54, 1.807) is 6.20 Å². The van der Waals surface area contributed by atoms with E-state index < -0.39 is 0 Å². The highest BCUT2D eigenvalue weighted by molar-refractivity contribution is 5.96. The van der Waals surface area contributed by atoms with Crippen LogP contribution in [0.15, 0.2) is 30.6 Å². The molecule has 0 spiro atoms. The van der Waals surface area contributed by atoms with Gasteiger partial charge in [-0.3, -0.25) is 4.79 Å². The normalized spacial score (nSPS) is 13.1. The zero-order valence-electron chi connectivity index (χ0n) is 10.9. The minimum atomic E-state index is 0.165. The first-order valence-electron chi connectivity index (χ1n) is 6.49. The Morgan fingerprint density at radius 1 is 1.47 bits per heavy atom. The van der Waals surface area contributed by atoms with Gasteiger partial charge < -0.3 is 9.30 Å². The third-order valence-corrected chi connectivity index (χ3v) is 3.51. The first kappa shape index (κ1) is 12.0. The van der Waals surface area contributed by atoms with Crippen LogP contribution in [0.25, 0.3) is 0 Å². The number of rotatable bonds is 4. The van der Waals surface area contributed by atoms with Crippen LogP contribution in [-0.4, -0.2) is 21.9 Å². The topological polar surface area (TPSA) is 44.1 Å². The third kappa shape index (κ3) is 2.38. The molecule has 1 aromatic heterocycles. The summed E-state index contributed by atoms with van der Waals surface area (Å²) >= 11 is 0. The molecule has 1 aromatic carbocycles. The molecule has 0 radical (unpaired) electrons. The highest BCUT2D eigenvalue weighted by atomic mass is 16.5. The molecular weight excluding hydrogens is 240 g/mol. The third-order valence-electron chi connectivity index (χ3n) is 3.51. The van der Waals surface area contributed by atoms with E-state index in [2.05, 4.69) is 4.98 Å². The monoisotopic (exact) mass is 256 g/mol. The van der Waals surface area contributed by atoms with Crippen molar-refractivity contribution < 1.29 is 9.53 Å². The van der Waals surface area contributed by atoms with Gasteiger partial charge in [-0.15, -0.1) is 0 Å². The maximum Gasteiger partial charge on any atom is 0.163 e. The number of nitrogens with zero attached hydrogens (tertiary/aromatic N) is 2. The van der Waals surface area contributed by atoms with Gasteiger partial charge in [0.2, 0.25) is 0 Å².